The second-order valence-corrected chi connectivity index (χ2v) is 26.4. The summed E-state index contributed by atoms with van der Waals surface area (Å²) in [5.74, 6) is 0.360. The summed E-state index contributed by atoms with van der Waals surface area (Å²) in [5.41, 5.74) is 7.75. The summed E-state index contributed by atoms with van der Waals surface area (Å²) in [5, 5.41) is 8.80. The molecule has 6 atom stereocenters. The summed E-state index contributed by atoms with van der Waals surface area (Å²) < 4.78 is 12.1. The third kappa shape index (κ3) is 14.5. The fourth-order valence-corrected chi connectivity index (χ4v) is 14.3. The van der Waals surface area contributed by atoms with Gasteiger partial charge in [0.2, 0.25) is 23.5 Å². The van der Waals surface area contributed by atoms with Crippen LogP contribution in [0.4, 0.5) is 26.9 Å². The number of nitrogens with two attached hydrogens (primary N) is 1. The molecule has 4 saturated heterocycles. The third-order valence-electron chi connectivity index (χ3n) is 18.4. The predicted octanol–water partition coefficient (Wildman–Crippen LogP) is 9.06. The van der Waals surface area contributed by atoms with Gasteiger partial charge in [-0.3, -0.25) is 28.9 Å². The average molecular weight is 1200 g/mol. The smallest absolute Gasteiger partial charge is 0.410 e. The lowest BCUT2D eigenvalue weighted by Crippen LogP contribution is -2.56. The van der Waals surface area contributed by atoms with E-state index >= 15 is 0 Å². The molecule has 4 aromatic rings. The number of urea groups is 1. The molecule has 6 heterocycles. The molecule has 2 aromatic carbocycles. The van der Waals surface area contributed by atoms with E-state index in [1.54, 1.807) is 56.3 Å². The van der Waals surface area contributed by atoms with E-state index in [0.717, 1.165) is 109 Å². The van der Waals surface area contributed by atoms with E-state index < -0.39 is 35.6 Å². The van der Waals surface area contributed by atoms with Crippen LogP contribution in [0.25, 0.3) is 0 Å². The number of primary amides is 1. The molecule has 0 radical (unpaired) electrons. The number of rotatable bonds is 17. The first-order valence-electron chi connectivity index (χ1n) is 31.2. The number of carbonyl (C=O) groups is 7. The van der Waals surface area contributed by atoms with Crippen LogP contribution in [-0.4, -0.2) is 171 Å². The highest BCUT2D eigenvalue weighted by atomic mass is 32.1. The van der Waals surface area contributed by atoms with Crippen LogP contribution < -0.4 is 26.0 Å². The number of amides is 7. The van der Waals surface area contributed by atoms with E-state index in [2.05, 4.69) is 32.7 Å². The van der Waals surface area contributed by atoms with E-state index in [4.69, 9.17) is 25.2 Å². The van der Waals surface area contributed by atoms with Gasteiger partial charge in [0.05, 0.1) is 24.4 Å². The monoisotopic (exact) mass is 1200 g/mol. The van der Waals surface area contributed by atoms with Crippen molar-refractivity contribution in [1.82, 2.24) is 44.8 Å². The molecule has 462 valence electrons. The maximum absolute atomic E-state index is 14.6. The molecule has 0 spiro atoms. The quantitative estimate of drug-likeness (QED) is 0.0660. The lowest BCUT2D eigenvalue weighted by molar-refractivity contribution is -0.140. The van der Waals surface area contributed by atoms with Crippen molar-refractivity contribution < 1.29 is 43.0 Å². The summed E-state index contributed by atoms with van der Waals surface area (Å²) >= 11 is 1.36. The van der Waals surface area contributed by atoms with Gasteiger partial charge < -0.3 is 50.3 Å². The highest BCUT2D eigenvalue weighted by Crippen LogP contribution is 2.38. The number of carbonyl (C=O) groups excluding carboxylic acids is 7. The molecule has 7 amide bonds. The van der Waals surface area contributed by atoms with Crippen molar-refractivity contribution in [1.29, 1.82) is 0 Å². The van der Waals surface area contributed by atoms with Gasteiger partial charge in [-0.1, -0.05) is 43.5 Å². The number of nitrogens with one attached hydrogen (secondary N) is 2. The lowest BCUT2D eigenvalue weighted by Gasteiger charge is -2.37. The van der Waals surface area contributed by atoms with Gasteiger partial charge in [-0.05, 0) is 153 Å². The minimum absolute atomic E-state index is 0.0434. The number of thiazole rings is 1. The first-order valence-corrected chi connectivity index (χ1v) is 32.1. The summed E-state index contributed by atoms with van der Waals surface area (Å²) in [6.45, 7) is 11.6. The Labute approximate surface area is 509 Å². The van der Waals surface area contributed by atoms with Crippen LogP contribution in [0, 0.1) is 11.8 Å². The molecule has 2 unspecified atom stereocenters. The maximum Gasteiger partial charge on any atom is 0.410 e. The molecule has 21 nitrogen and oxygen atoms in total. The van der Waals surface area contributed by atoms with E-state index in [1.165, 1.54) is 28.8 Å². The molecule has 86 heavy (non-hydrogen) atoms. The Morgan fingerprint density at radius 3 is 2.29 bits per heavy atom. The zero-order chi connectivity index (χ0) is 60.8. The first-order chi connectivity index (χ1) is 41.3. The van der Waals surface area contributed by atoms with Crippen LogP contribution >= 0.6 is 11.3 Å². The minimum atomic E-state index is -0.869. The zero-order valence-corrected chi connectivity index (χ0v) is 51.7. The second kappa shape index (κ2) is 27.1. The summed E-state index contributed by atoms with van der Waals surface area (Å²) in [6.07, 6.45) is 14.4. The van der Waals surface area contributed by atoms with Crippen molar-refractivity contribution in [2.24, 2.45) is 17.6 Å². The van der Waals surface area contributed by atoms with Crippen LogP contribution in [0.5, 0.6) is 5.75 Å². The van der Waals surface area contributed by atoms with Crippen LogP contribution in [0.2, 0.25) is 0 Å². The Hall–Kier alpha value is -7.36. The number of ketones is 1. The van der Waals surface area contributed by atoms with Crippen LogP contribution in [0.15, 0.2) is 60.1 Å². The van der Waals surface area contributed by atoms with Gasteiger partial charge in [0.1, 0.15) is 40.0 Å². The second-order valence-electron chi connectivity index (χ2n) is 25.5. The Balaban J connectivity index is 0.695. The molecule has 0 bridgehead atoms. The van der Waals surface area contributed by atoms with Crippen LogP contribution in [0.1, 0.15) is 179 Å². The Kier molecular flexibility index (Phi) is 19.5. The van der Waals surface area contributed by atoms with E-state index in [1.807, 2.05) is 46.0 Å². The number of benzene rings is 2. The van der Waals surface area contributed by atoms with Crippen molar-refractivity contribution in [2.45, 2.75) is 172 Å². The summed E-state index contributed by atoms with van der Waals surface area (Å²) in [6, 6.07) is 13.5. The first kappa shape index (κ1) is 61.7. The largest absolute Gasteiger partial charge is 0.490 e. The topological polar surface area (TPSA) is 246 Å². The highest BCUT2D eigenvalue weighted by Gasteiger charge is 2.42. The molecule has 2 aliphatic carbocycles. The molecular weight excluding hydrogens is 1110 g/mol. The molecule has 2 aromatic heterocycles. The molecule has 6 aliphatic rings. The number of anilines is 3. The standard InChI is InChI=1S/C64H86N12O9S/c1-40(72(6)63(83)85-64(2,3)4)58(79)70-53(43-14-8-7-9-15-43)61(81)76-31-13-21-51(76)59-68-50(39-86-59)55(77)45-17-11-20-49(36-45)84-48-19-10-16-44(24-27-48)60(80)73-32-28-42(29-33-73)41-22-25-46(26-23-41)67-57-54(56(65)78)66-37-52(69-57)74-30-12-18-47(38-74)75-35-34-71(5)62(75)82/h11,17,20,22-23,25-26,36-37,39-40,42-44,47-48,51,53H,7-10,12-16,18-19,21,24,27-35,38H2,1-6H3,(H2,65,78)(H,67,69)(H,70,79)/t40-,44?,47+,48?,51-,53-/m0/s1. The fourth-order valence-electron chi connectivity index (χ4n) is 13.4. The maximum atomic E-state index is 14.6. The van der Waals surface area contributed by atoms with E-state index in [-0.39, 0.29) is 71.1 Å². The van der Waals surface area contributed by atoms with Crippen molar-refractivity contribution in [2.75, 3.05) is 70.1 Å². The fraction of sp³-hybridized carbons (Fsp3) is 0.594. The van der Waals surface area contributed by atoms with Crippen molar-refractivity contribution >= 4 is 70.2 Å². The number of likely N-dealkylation sites (N-methyl/N-ethyl adjacent to an activating group) is 2. The summed E-state index contributed by atoms with van der Waals surface area (Å²) in [7, 11) is 3.35. The SMILES string of the molecule is C[C@@H](C(=O)N[C@H](C(=O)N1CCC[C@H]1c1nc(C(=O)c2cccc(OC3CCCC(C(=O)N4CCC(c5ccc(Nc6nc(N7CCC[C@@H](N8CCN(C)C8=O)C7)cnc6C(N)=O)cc5)CC4)CC3)c2)cs1)C1CCCCC1)N(C)C(=O)OC(C)(C)C. The number of ether oxygens (including phenoxy) is 2. The molecule has 6 fully saturated rings. The van der Waals surface area contributed by atoms with Gasteiger partial charge >= 0.3 is 12.1 Å². The molecular formula is C64H86N12O9S. The number of aromatic nitrogens is 3. The van der Waals surface area contributed by atoms with Crippen molar-refractivity contribution in [3.8, 4) is 5.75 Å². The normalized spacial score (nSPS) is 22.4. The van der Waals surface area contributed by atoms with Gasteiger partial charge in [-0.25, -0.2) is 24.5 Å². The van der Waals surface area contributed by atoms with Gasteiger partial charge in [0.25, 0.3) is 5.91 Å². The third-order valence-corrected chi connectivity index (χ3v) is 19.4. The average Bonchev–Trinajstić information content (AvgIpc) is 4.42. The number of nitrogens with zero attached hydrogens (tertiary/aromatic N) is 9. The van der Waals surface area contributed by atoms with E-state index in [0.29, 0.717) is 73.5 Å². The Morgan fingerprint density at radius 2 is 1.57 bits per heavy atom. The van der Waals surface area contributed by atoms with Gasteiger partial charge in [-0.2, -0.15) is 0 Å². The predicted molar refractivity (Wildman–Crippen MR) is 327 cm³/mol. The molecule has 10 rings (SSSR count). The van der Waals surface area contributed by atoms with Gasteiger partial charge in [-0.15, -0.1) is 11.3 Å². The molecule has 22 heteroatoms. The zero-order valence-electron chi connectivity index (χ0n) is 50.8. The number of piperidine rings is 2. The van der Waals surface area contributed by atoms with Gasteiger partial charge in [0, 0.05) is 82.5 Å². The van der Waals surface area contributed by atoms with Crippen molar-refractivity contribution in [3.05, 3.63) is 87.6 Å². The summed E-state index contributed by atoms with van der Waals surface area (Å²) in [4.78, 5) is 120. The minimum Gasteiger partial charge on any atom is -0.490 e. The number of hydrogen-bond donors (Lipinski definition) is 3. The number of hydrogen-bond acceptors (Lipinski definition) is 15. The van der Waals surface area contributed by atoms with Gasteiger partial charge in [0.15, 0.2) is 11.5 Å². The molecule has 2 saturated carbocycles. The van der Waals surface area contributed by atoms with Crippen LogP contribution in [0.3, 0.4) is 0 Å². The van der Waals surface area contributed by atoms with E-state index in [9.17, 15) is 33.6 Å². The Morgan fingerprint density at radius 1 is 0.814 bits per heavy atom. The van der Waals surface area contributed by atoms with Crippen molar-refractivity contribution in [3.63, 3.8) is 0 Å². The van der Waals surface area contributed by atoms with Crippen LogP contribution in [-0.2, 0) is 19.1 Å². The lowest BCUT2D eigenvalue weighted by atomic mass is 9.83. The highest BCUT2D eigenvalue weighted by molar-refractivity contribution is 7.10. The Bertz CT molecular complexity index is 3100. The molecule has 4 N–H and O–H groups in total. The molecule has 4 aliphatic heterocycles. The number of likely N-dealkylation sites (tertiary alicyclic amines) is 2.